The van der Waals surface area contributed by atoms with Gasteiger partial charge in [0, 0.05) is 19.1 Å². The molecular weight excluding hydrogens is 426 g/mol. The highest BCUT2D eigenvalue weighted by atomic mass is 32.2. The highest BCUT2D eigenvalue weighted by molar-refractivity contribution is 7.88. The Morgan fingerprint density at radius 1 is 1.06 bits per heavy atom. The molecule has 2 aliphatic carbocycles. The third kappa shape index (κ3) is 6.23. The van der Waals surface area contributed by atoms with Crippen LogP contribution in [0.25, 0.3) is 0 Å². The first-order chi connectivity index (χ1) is 15.4. The summed E-state index contributed by atoms with van der Waals surface area (Å²) in [5.41, 5.74) is 1.40. The fourth-order valence-electron chi connectivity index (χ4n) is 5.28. The zero-order valence-corrected chi connectivity index (χ0v) is 19.9. The molecule has 1 aromatic carbocycles. The van der Waals surface area contributed by atoms with Crippen LogP contribution in [0, 0.1) is 5.92 Å². The normalized spacial score (nSPS) is 29.0. The van der Waals surface area contributed by atoms with Crippen LogP contribution in [-0.2, 0) is 14.8 Å². The quantitative estimate of drug-likeness (QED) is 0.620. The van der Waals surface area contributed by atoms with E-state index in [-0.39, 0.29) is 24.2 Å². The first-order valence-corrected chi connectivity index (χ1v) is 14.0. The van der Waals surface area contributed by atoms with E-state index in [2.05, 4.69) is 40.4 Å². The van der Waals surface area contributed by atoms with Crippen molar-refractivity contribution >= 4 is 16.1 Å². The van der Waals surface area contributed by atoms with Gasteiger partial charge in [0.2, 0.25) is 10.0 Å². The number of hydrogen-bond acceptors (Lipinski definition) is 4. The number of sulfonamides is 1. The van der Waals surface area contributed by atoms with E-state index in [1.807, 2.05) is 0 Å². The monoisotopic (exact) mass is 463 g/mol. The van der Waals surface area contributed by atoms with Crippen molar-refractivity contribution in [1.82, 2.24) is 14.9 Å². The summed E-state index contributed by atoms with van der Waals surface area (Å²) in [6.45, 7) is 1.61. The van der Waals surface area contributed by atoms with Gasteiger partial charge in [-0.25, -0.2) is 17.9 Å². The number of carbonyl (C=O) groups is 1. The third-order valence-corrected chi connectivity index (χ3v) is 8.12. The highest BCUT2D eigenvalue weighted by Crippen LogP contribution is 2.34. The summed E-state index contributed by atoms with van der Waals surface area (Å²) in [5.74, 6) is 1.16. The number of amides is 2. The molecule has 0 spiro atoms. The van der Waals surface area contributed by atoms with Crippen LogP contribution in [0.15, 0.2) is 30.3 Å². The van der Waals surface area contributed by atoms with Gasteiger partial charge >= 0.3 is 6.03 Å². The molecule has 178 valence electrons. The van der Waals surface area contributed by atoms with Gasteiger partial charge in [0.05, 0.1) is 25.0 Å². The van der Waals surface area contributed by atoms with Crippen molar-refractivity contribution in [3.05, 3.63) is 35.9 Å². The van der Waals surface area contributed by atoms with Crippen molar-refractivity contribution < 1.29 is 17.9 Å². The van der Waals surface area contributed by atoms with E-state index in [0.717, 1.165) is 25.7 Å². The number of likely N-dealkylation sites (tertiary alicyclic amines) is 1. The van der Waals surface area contributed by atoms with E-state index in [9.17, 15) is 13.2 Å². The predicted octanol–water partition coefficient (Wildman–Crippen LogP) is 3.23. The number of hydrogen-bond donors (Lipinski definition) is 2. The molecule has 2 N–H and O–H groups in total. The van der Waals surface area contributed by atoms with Crippen molar-refractivity contribution in [3.63, 3.8) is 0 Å². The van der Waals surface area contributed by atoms with Crippen LogP contribution in [0.4, 0.5) is 4.79 Å². The zero-order chi connectivity index (χ0) is 22.6. The molecule has 2 atom stereocenters. The molecule has 0 bridgehead atoms. The zero-order valence-electron chi connectivity index (χ0n) is 19.0. The Morgan fingerprint density at radius 2 is 1.78 bits per heavy atom. The van der Waals surface area contributed by atoms with Gasteiger partial charge in [0.25, 0.3) is 0 Å². The van der Waals surface area contributed by atoms with Crippen molar-refractivity contribution in [2.45, 2.75) is 75.5 Å². The number of rotatable bonds is 8. The Balaban J connectivity index is 1.31. The lowest BCUT2D eigenvalue weighted by Gasteiger charge is -2.33. The summed E-state index contributed by atoms with van der Waals surface area (Å²) in [6, 6.07) is 9.95. The van der Waals surface area contributed by atoms with Crippen LogP contribution in [0.3, 0.4) is 0 Å². The molecule has 1 aromatic rings. The van der Waals surface area contributed by atoms with E-state index in [1.54, 1.807) is 4.90 Å². The number of carbonyl (C=O) groups excluding carboxylic acids is 1. The molecule has 3 fully saturated rings. The standard InChI is InChI=1S/C24H37N3O4S/c1-32(29,30)26-22-14-15-27(24(28)25-16-18-6-5-7-18)23(22)17-31-21-12-10-20(11-13-21)19-8-3-2-4-9-19/h2-4,8-9,18,20-23,26H,5-7,10-17H2,1H3,(H,25,28)/t20-,21+,22-,23-/m0/s1. The Kier molecular flexibility index (Phi) is 7.74. The first-order valence-electron chi connectivity index (χ1n) is 12.1. The first kappa shape index (κ1) is 23.5. The molecule has 8 heteroatoms. The summed E-state index contributed by atoms with van der Waals surface area (Å²) < 4.78 is 32.8. The topological polar surface area (TPSA) is 87.7 Å². The highest BCUT2D eigenvalue weighted by Gasteiger charge is 2.39. The predicted molar refractivity (Wildman–Crippen MR) is 125 cm³/mol. The van der Waals surface area contributed by atoms with Gasteiger partial charge < -0.3 is 15.0 Å². The lowest BCUT2D eigenvalue weighted by molar-refractivity contribution is -0.000733. The van der Waals surface area contributed by atoms with Crippen LogP contribution in [0.2, 0.25) is 0 Å². The van der Waals surface area contributed by atoms with Crippen LogP contribution < -0.4 is 10.0 Å². The van der Waals surface area contributed by atoms with Crippen LogP contribution in [-0.4, -0.2) is 63.5 Å². The Hall–Kier alpha value is -1.64. The number of urea groups is 1. The van der Waals surface area contributed by atoms with Crippen LogP contribution >= 0.6 is 0 Å². The molecule has 32 heavy (non-hydrogen) atoms. The van der Waals surface area contributed by atoms with Crippen molar-refractivity contribution in [1.29, 1.82) is 0 Å². The minimum absolute atomic E-state index is 0.101. The number of nitrogens with one attached hydrogen (secondary N) is 2. The third-order valence-electron chi connectivity index (χ3n) is 7.39. The maximum Gasteiger partial charge on any atom is 0.317 e. The van der Waals surface area contributed by atoms with Gasteiger partial charge in [-0.05, 0) is 62.3 Å². The smallest absolute Gasteiger partial charge is 0.317 e. The van der Waals surface area contributed by atoms with E-state index < -0.39 is 10.0 Å². The second-order valence-corrected chi connectivity index (χ2v) is 11.5. The van der Waals surface area contributed by atoms with E-state index in [4.69, 9.17) is 4.74 Å². The van der Waals surface area contributed by atoms with E-state index in [1.165, 1.54) is 31.1 Å². The summed E-state index contributed by atoms with van der Waals surface area (Å²) in [5, 5.41) is 3.06. The van der Waals surface area contributed by atoms with Gasteiger partial charge in [-0.3, -0.25) is 0 Å². The molecule has 7 nitrogen and oxygen atoms in total. The molecule has 1 aliphatic heterocycles. The Bertz CT molecular complexity index is 851. The van der Waals surface area contributed by atoms with Crippen LogP contribution in [0.1, 0.15) is 62.8 Å². The fraction of sp³-hybridized carbons (Fsp3) is 0.708. The van der Waals surface area contributed by atoms with E-state index in [0.29, 0.717) is 38.0 Å². The van der Waals surface area contributed by atoms with Crippen molar-refractivity contribution in [2.24, 2.45) is 5.92 Å². The largest absolute Gasteiger partial charge is 0.376 e. The SMILES string of the molecule is CS(=O)(=O)N[C@H]1CCN(C(=O)NCC2CCC2)[C@H]1CO[C@H]1CC[C@@H](c2ccccc2)CC1. The van der Waals surface area contributed by atoms with Gasteiger partial charge in [0.1, 0.15) is 0 Å². The number of ether oxygens (including phenoxy) is 1. The van der Waals surface area contributed by atoms with E-state index >= 15 is 0 Å². The minimum atomic E-state index is -3.36. The fourth-order valence-corrected chi connectivity index (χ4v) is 6.10. The average molecular weight is 464 g/mol. The van der Waals surface area contributed by atoms with Crippen LogP contribution in [0.5, 0.6) is 0 Å². The molecule has 2 saturated carbocycles. The maximum atomic E-state index is 12.8. The average Bonchev–Trinajstić information content (AvgIpc) is 3.13. The molecule has 0 unspecified atom stereocenters. The van der Waals surface area contributed by atoms with Gasteiger partial charge in [0.15, 0.2) is 0 Å². The molecule has 1 heterocycles. The lowest BCUT2D eigenvalue weighted by atomic mass is 9.83. The van der Waals surface area contributed by atoms with Gasteiger partial charge in [-0.1, -0.05) is 36.8 Å². The molecular formula is C24H37N3O4S. The lowest BCUT2D eigenvalue weighted by Crippen LogP contribution is -2.52. The summed E-state index contributed by atoms with van der Waals surface area (Å²) in [4.78, 5) is 14.6. The molecule has 2 amide bonds. The number of benzene rings is 1. The van der Waals surface area contributed by atoms with Gasteiger partial charge in [-0.2, -0.15) is 0 Å². The summed E-state index contributed by atoms with van der Waals surface area (Å²) >= 11 is 0. The maximum absolute atomic E-state index is 12.8. The van der Waals surface area contributed by atoms with Gasteiger partial charge in [-0.15, -0.1) is 0 Å². The second-order valence-electron chi connectivity index (χ2n) is 9.75. The molecule has 1 saturated heterocycles. The number of nitrogens with zero attached hydrogens (tertiary/aromatic N) is 1. The molecule has 3 aliphatic rings. The molecule has 4 rings (SSSR count). The molecule has 0 radical (unpaired) electrons. The van der Waals surface area contributed by atoms with Crippen molar-refractivity contribution in [3.8, 4) is 0 Å². The van der Waals surface area contributed by atoms with Crippen molar-refractivity contribution in [2.75, 3.05) is 26.0 Å². The summed E-state index contributed by atoms with van der Waals surface area (Å²) in [6.07, 6.45) is 9.71. The Morgan fingerprint density at radius 3 is 2.41 bits per heavy atom. The molecule has 0 aromatic heterocycles. The second kappa shape index (κ2) is 10.5. The summed E-state index contributed by atoms with van der Waals surface area (Å²) in [7, 11) is -3.36. The minimum Gasteiger partial charge on any atom is -0.376 e. The Labute approximate surface area is 192 Å².